The van der Waals surface area contributed by atoms with E-state index in [9.17, 15) is 52.5 Å². The van der Waals surface area contributed by atoms with Crippen molar-refractivity contribution in [2.24, 2.45) is 0 Å². The number of rotatable bonds is 4. The molecule has 0 heterocycles. The van der Waals surface area contributed by atoms with Crippen LogP contribution in [0.3, 0.4) is 0 Å². The summed E-state index contributed by atoms with van der Waals surface area (Å²) in [4.78, 5) is 0. The Bertz CT molecular complexity index is 409. The zero-order valence-corrected chi connectivity index (χ0v) is 8.26. The Labute approximate surface area is 92.3 Å². The molecule has 4 nitrogen and oxygen atoms in total. The first-order valence-electron chi connectivity index (χ1n) is 3.32. The summed E-state index contributed by atoms with van der Waals surface area (Å²) >= 11 is 0. The fraction of sp³-hybridized carbons (Fsp3) is 1.00. The summed E-state index contributed by atoms with van der Waals surface area (Å²) in [5.41, 5.74) is 0. The van der Waals surface area contributed by atoms with Crippen LogP contribution >= 0.6 is 0 Å². The highest BCUT2D eigenvalue weighted by Gasteiger charge is 2.83. The predicted molar refractivity (Wildman–Crippen MR) is 31.7 cm³/mol. The fourth-order valence-electron chi connectivity index (χ4n) is 0.541. The Morgan fingerprint density at radius 3 is 1.33 bits per heavy atom. The van der Waals surface area contributed by atoms with Gasteiger partial charge in [-0.1, -0.05) is 0 Å². The van der Waals surface area contributed by atoms with Crippen LogP contribution in [0.5, 0.6) is 0 Å². The van der Waals surface area contributed by atoms with Crippen molar-refractivity contribution in [3.63, 3.8) is 0 Å². The number of hydrogen-bond acceptors (Lipinski definition) is 4. The van der Waals surface area contributed by atoms with Crippen LogP contribution in [0.1, 0.15) is 0 Å². The van der Waals surface area contributed by atoms with Crippen molar-refractivity contribution in [2.75, 3.05) is 0 Å². The van der Waals surface area contributed by atoms with E-state index in [0.29, 0.717) is 0 Å². The molecule has 0 radical (unpaired) electrons. The summed E-state index contributed by atoms with van der Waals surface area (Å²) in [7, 11) is -6.65. The molecule has 0 aliphatic carbocycles. The van der Waals surface area contributed by atoms with Crippen LogP contribution in [0.25, 0.3) is 0 Å². The van der Waals surface area contributed by atoms with Crippen LogP contribution in [0.4, 0.5) is 39.5 Å². The Balaban J connectivity index is 5.64. The lowest BCUT2D eigenvalue weighted by molar-refractivity contribution is -0.428. The highest BCUT2D eigenvalue weighted by Crippen LogP contribution is 2.53. The largest absolute Gasteiger partial charge is 0.725 e. The maximum absolute atomic E-state index is 12.3. The van der Waals surface area contributed by atoms with Gasteiger partial charge in [0.15, 0.2) is 0 Å². The average molecular weight is 315 g/mol. The molecule has 0 spiro atoms. The second-order valence-electron chi connectivity index (χ2n) is 2.65. The molecule has 0 aliphatic heterocycles. The van der Waals surface area contributed by atoms with Crippen LogP contribution < -0.4 is 0 Å². The van der Waals surface area contributed by atoms with E-state index in [4.69, 9.17) is 0 Å². The lowest BCUT2D eigenvalue weighted by atomic mass is 10.1. The highest BCUT2D eigenvalue weighted by atomic mass is 32.3. The summed E-state index contributed by atoms with van der Waals surface area (Å²) < 4.78 is 138. The van der Waals surface area contributed by atoms with Crippen LogP contribution in [-0.4, -0.2) is 37.1 Å². The zero-order valence-electron chi connectivity index (χ0n) is 7.44. The van der Waals surface area contributed by atoms with Crippen LogP contribution in [0, 0.1) is 0 Å². The van der Waals surface area contributed by atoms with Crippen molar-refractivity contribution >= 4 is 10.4 Å². The lowest BCUT2D eigenvalue weighted by Crippen LogP contribution is -2.62. The van der Waals surface area contributed by atoms with E-state index in [2.05, 4.69) is 0 Å². The van der Waals surface area contributed by atoms with Gasteiger partial charge in [-0.2, -0.15) is 39.5 Å². The van der Waals surface area contributed by atoms with E-state index in [0.717, 1.165) is 0 Å². The van der Waals surface area contributed by atoms with Gasteiger partial charge in [0, 0.05) is 0 Å². The minimum absolute atomic E-state index is 1.72. The van der Waals surface area contributed by atoms with E-state index in [1.807, 2.05) is 0 Å². The SMILES string of the molecule is O=S(=O)([O-])OC(F)(F)C(F)(F)C(F)(F)C(F)(F)F. The third kappa shape index (κ3) is 2.97. The second-order valence-corrected chi connectivity index (χ2v) is 3.64. The van der Waals surface area contributed by atoms with E-state index in [1.54, 1.807) is 4.18 Å². The van der Waals surface area contributed by atoms with Crippen molar-refractivity contribution in [1.29, 1.82) is 0 Å². The maximum atomic E-state index is 12.3. The summed E-state index contributed by atoms with van der Waals surface area (Å²) in [5.74, 6) is -14.6. The van der Waals surface area contributed by atoms with E-state index in [-0.39, 0.29) is 0 Å². The minimum atomic E-state index is -7.33. The molecule has 18 heavy (non-hydrogen) atoms. The maximum Gasteiger partial charge on any atom is 0.460 e. The standard InChI is InChI=1S/C4HF9O4S/c5-1(6,3(9,10)11)2(7,8)4(12,13)17-18(14,15)16/h(H,14,15,16)/p-1. The van der Waals surface area contributed by atoms with Crippen molar-refractivity contribution < 1.29 is 56.7 Å². The highest BCUT2D eigenvalue weighted by molar-refractivity contribution is 7.80. The first-order chi connectivity index (χ1) is 7.46. The molecule has 0 fully saturated rings. The number of hydrogen-bond donors (Lipinski definition) is 0. The summed E-state index contributed by atoms with van der Waals surface area (Å²) in [6.07, 6.45) is -14.0. The van der Waals surface area contributed by atoms with Crippen molar-refractivity contribution in [2.45, 2.75) is 24.1 Å². The number of alkyl halides is 9. The Hall–Kier alpha value is -0.760. The fourth-order valence-corrected chi connectivity index (χ4v) is 0.902. The molecule has 0 unspecified atom stereocenters. The molecule has 0 aromatic rings. The third-order valence-electron chi connectivity index (χ3n) is 1.32. The van der Waals surface area contributed by atoms with Gasteiger partial charge in [-0.05, 0) is 0 Å². The molecule has 0 saturated carbocycles. The predicted octanol–water partition coefficient (Wildman–Crippen LogP) is 1.89. The van der Waals surface area contributed by atoms with Gasteiger partial charge in [-0.25, -0.2) is 12.6 Å². The van der Waals surface area contributed by atoms with Crippen molar-refractivity contribution in [3.05, 3.63) is 0 Å². The van der Waals surface area contributed by atoms with Crippen LogP contribution in [0.2, 0.25) is 0 Å². The quantitative estimate of drug-likeness (QED) is 0.451. The summed E-state index contributed by atoms with van der Waals surface area (Å²) in [6.45, 7) is 0. The first kappa shape index (κ1) is 17.2. The van der Waals surface area contributed by atoms with E-state index < -0.39 is 34.5 Å². The van der Waals surface area contributed by atoms with Crippen molar-refractivity contribution in [1.82, 2.24) is 0 Å². The summed E-state index contributed by atoms with van der Waals surface area (Å²) in [5, 5.41) is 0. The average Bonchev–Trinajstić information content (AvgIpc) is 1.95. The topological polar surface area (TPSA) is 66.4 Å². The molecule has 0 aliphatic rings. The second kappa shape index (κ2) is 4.12. The molecule has 0 aromatic heterocycles. The Morgan fingerprint density at radius 2 is 1.11 bits per heavy atom. The molecule has 0 saturated heterocycles. The number of halogens is 9. The molecule has 0 aromatic carbocycles. The Kier molecular flexibility index (Phi) is 3.95. The molecule has 0 atom stereocenters. The van der Waals surface area contributed by atoms with Crippen LogP contribution in [0.15, 0.2) is 0 Å². The normalized spacial score (nSPS) is 15.9. The van der Waals surface area contributed by atoms with Gasteiger partial charge in [0.05, 0.1) is 0 Å². The van der Waals surface area contributed by atoms with Crippen molar-refractivity contribution in [3.8, 4) is 0 Å². The molecule has 0 amide bonds. The van der Waals surface area contributed by atoms with Gasteiger partial charge in [-0.15, -0.1) is 0 Å². The van der Waals surface area contributed by atoms with Gasteiger partial charge in [0.25, 0.3) is 0 Å². The molecule has 0 N–H and O–H groups in total. The van der Waals surface area contributed by atoms with E-state index >= 15 is 0 Å². The van der Waals surface area contributed by atoms with Gasteiger partial charge in [0.2, 0.25) is 10.4 Å². The van der Waals surface area contributed by atoms with E-state index in [1.165, 1.54) is 0 Å². The smallest absolute Gasteiger partial charge is 0.460 e. The minimum Gasteiger partial charge on any atom is -0.725 e. The van der Waals surface area contributed by atoms with Gasteiger partial charge < -0.3 is 4.55 Å². The molecule has 14 heteroatoms. The van der Waals surface area contributed by atoms with Crippen LogP contribution in [-0.2, 0) is 14.6 Å². The monoisotopic (exact) mass is 315 g/mol. The molecule has 0 rings (SSSR count). The zero-order chi connectivity index (χ0) is 15.2. The lowest BCUT2D eigenvalue weighted by Gasteiger charge is -2.32. The van der Waals surface area contributed by atoms with Gasteiger partial charge in [-0.3, -0.25) is 0 Å². The molecular formula is C4F9O4S-. The molecule has 110 valence electrons. The molecule has 0 bridgehead atoms. The Morgan fingerprint density at radius 1 is 0.778 bits per heavy atom. The third-order valence-corrected chi connectivity index (χ3v) is 1.74. The summed E-state index contributed by atoms with van der Waals surface area (Å²) in [6, 6.07) is 0. The first-order valence-corrected chi connectivity index (χ1v) is 4.65. The van der Waals surface area contributed by atoms with Gasteiger partial charge >= 0.3 is 24.1 Å². The molecular weight excluding hydrogens is 315 g/mol. The van der Waals surface area contributed by atoms with Gasteiger partial charge in [0.1, 0.15) is 0 Å².